The van der Waals surface area contributed by atoms with Crippen LogP contribution in [-0.4, -0.2) is 56.9 Å². The molecule has 3 rings (SSSR count). The summed E-state index contributed by atoms with van der Waals surface area (Å²) in [7, 11) is 0. The number of hydrogen-bond donors (Lipinski definition) is 1. The molecule has 22 heavy (non-hydrogen) atoms. The number of nitro groups is 2. The zero-order valence-electron chi connectivity index (χ0n) is 11.8. The van der Waals surface area contributed by atoms with Crippen LogP contribution in [0.3, 0.4) is 0 Å². The van der Waals surface area contributed by atoms with Crippen LogP contribution in [0.1, 0.15) is 26.2 Å². The number of aliphatic hydroxyl groups excluding tert-OH is 1. The summed E-state index contributed by atoms with van der Waals surface area (Å²) in [5, 5.41) is 32.6. The first-order chi connectivity index (χ1) is 10.3. The molecule has 3 fully saturated rings. The topological polar surface area (TPSA) is 142 Å². The molecule has 10 nitrogen and oxygen atoms in total. The Hall–Kier alpha value is -1.81. The summed E-state index contributed by atoms with van der Waals surface area (Å²) in [4.78, 5) is 32.7. The molecule has 1 saturated carbocycles. The third kappa shape index (κ3) is 1.90. The molecule has 0 unspecified atom stereocenters. The van der Waals surface area contributed by atoms with Crippen molar-refractivity contribution in [2.24, 2.45) is 5.92 Å². The van der Waals surface area contributed by atoms with Gasteiger partial charge in [-0.05, 0) is 6.42 Å². The first kappa shape index (κ1) is 15.1. The smallest absolute Gasteiger partial charge is 0.303 e. The molecule has 10 heteroatoms. The van der Waals surface area contributed by atoms with Gasteiger partial charge in [0.2, 0.25) is 12.1 Å². The van der Waals surface area contributed by atoms with Crippen molar-refractivity contribution >= 4 is 5.97 Å². The van der Waals surface area contributed by atoms with Gasteiger partial charge in [-0.25, -0.2) is 0 Å². The quantitative estimate of drug-likeness (QED) is 0.418. The lowest BCUT2D eigenvalue weighted by atomic mass is 9.64. The highest BCUT2D eigenvalue weighted by molar-refractivity contribution is 5.66. The number of aliphatic hydroxyl groups is 1. The minimum Gasteiger partial charge on any atom is -0.457 e. The maximum Gasteiger partial charge on any atom is 0.303 e. The molecule has 2 aliphatic heterocycles. The van der Waals surface area contributed by atoms with Gasteiger partial charge in [0.1, 0.15) is 11.7 Å². The highest BCUT2D eigenvalue weighted by Gasteiger charge is 2.76. The van der Waals surface area contributed by atoms with E-state index in [1.807, 2.05) is 0 Å². The van der Waals surface area contributed by atoms with E-state index in [0.29, 0.717) is 0 Å². The Kier molecular flexibility index (Phi) is 3.33. The highest BCUT2D eigenvalue weighted by atomic mass is 16.7. The van der Waals surface area contributed by atoms with E-state index in [0.717, 1.165) is 6.92 Å². The molecule has 7 atom stereocenters. The van der Waals surface area contributed by atoms with Crippen LogP contribution in [0.5, 0.6) is 0 Å². The molecule has 122 valence electrons. The Morgan fingerprint density at radius 3 is 2.55 bits per heavy atom. The molecule has 1 aliphatic carbocycles. The predicted octanol–water partition coefficient (Wildman–Crippen LogP) is -0.479. The number of nitrogens with zero attached hydrogens (tertiary/aromatic N) is 2. The van der Waals surface area contributed by atoms with E-state index in [1.165, 1.54) is 0 Å². The Balaban J connectivity index is 1.99. The Labute approximate surface area is 124 Å². The van der Waals surface area contributed by atoms with Crippen LogP contribution < -0.4 is 0 Å². The van der Waals surface area contributed by atoms with Crippen molar-refractivity contribution in [2.45, 2.75) is 62.2 Å². The van der Waals surface area contributed by atoms with Crippen molar-refractivity contribution < 1.29 is 29.2 Å². The summed E-state index contributed by atoms with van der Waals surface area (Å²) in [6.45, 7) is 1.16. The summed E-state index contributed by atoms with van der Waals surface area (Å²) in [6, 6.07) is -2.06. The third-order valence-electron chi connectivity index (χ3n) is 5.06. The fourth-order valence-corrected chi connectivity index (χ4v) is 4.31. The number of rotatable bonds is 3. The largest absolute Gasteiger partial charge is 0.457 e. The van der Waals surface area contributed by atoms with Gasteiger partial charge in [-0.3, -0.25) is 25.0 Å². The minimum atomic E-state index is -1.35. The first-order valence-corrected chi connectivity index (χ1v) is 7.08. The average Bonchev–Trinajstić information content (AvgIpc) is 2.89. The van der Waals surface area contributed by atoms with Crippen molar-refractivity contribution in [1.82, 2.24) is 0 Å². The monoisotopic (exact) mass is 316 g/mol. The summed E-state index contributed by atoms with van der Waals surface area (Å²) < 4.78 is 10.8. The van der Waals surface area contributed by atoms with E-state index in [2.05, 4.69) is 0 Å². The fraction of sp³-hybridized carbons (Fsp3) is 0.917. The standard InChI is InChI=1S/C12H16N2O8/c1-5(15)21-11-9(16)10-8(14(19)20)7-3-2-6(13(17)18)4-12(7,11)22-10/h6-11,16H,2-4H2,1H3/t6-,7+,8+,9-,10-,11+,12+/m1/s1. The van der Waals surface area contributed by atoms with Gasteiger partial charge in [0.05, 0.1) is 5.92 Å². The molecule has 0 aromatic carbocycles. The predicted molar refractivity (Wildman–Crippen MR) is 68.1 cm³/mol. The van der Waals surface area contributed by atoms with E-state index in [4.69, 9.17) is 9.47 Å². The van der Waals surface area contributed by atoms with Crippen molar-refractivity contribution in [3.05, 3.63) is 20.2 Å². The van der Waals surface area contributed by atoms with Crippen LogP contribution in [0, 0.1) is 26.1 Å². The normalized spacial score (nSPS) is 46.1. The molecular weight excluding hydrogens is 300 g/mol. The lowest BCUT2D eigenvalue weighted by Gasteiger charge is -2.43. The van der Waals surface area contributed by atoms with Crippen LogP contribution in [0.4, 0.5) is 0 Å². The zero-order chi connectivity index (χ0) is 16.2. The molecule has 2 saturated heterocycles. The van der Waals surface area contributed by atoms with Crippen LogP contribution >= 0.6 is 0 Å². The van der Waals surface area contributed by atoms with E-state index in [9.17, 15) is 30.1 Å². The van der Waals surface area contributed by atoms with Crippen LogP contribution in [-0.2, 0) is 14.3 Å². The van der Waals surface area contributed by atoms with E-state index in [1.54, 1.807) is 0 Å². The maximum absolute atomic E-state index is 11.3. The summed E-state index contributed by atoms with van der Waals surface area (Å²) >= 11 is 0. The number of ether oxygens (including phenoxy) is 2. The maximum atomic E-state index is 11.3. The zero-order valence-corrected chi connectivity index (χ0v) is 11.8. The van der Waals surface area contributed by atoms with E-state index < -0.39 is 57.7 Å². The van der Waals surface area contributed by atoms with Crippen LogP contribution in [0.15, 0.2) is 0 Å². The molecule has 0 aromatic heterocycles. The van der Waals surface area contributed by atoms with E-state index >= 15 is 0 Å². The SMILES string of the molecule is CC(=O)O[C@H]1[C@H](O)[C@@H]2O[C@]13C[C@H]([N+](=O)[O-])CC[C@H]3[C@@H]2[N+](=O)[O-]. The van der Waals surface area contributed by atoms with Crippen molar-refractivity contribution in [3.8, 4) is 0 Å². The van der Waals surface area contributed by atoms with Gasteiger partial charge in [-0.1, -0.05) is 0 Å². The highest BCUT2D eigenvalue weighted by Crippen LogP contribution is 2.56. The van der Waals surface area contributed by atoms with Crippen LogP contribution in [0.2, 0.25) is 0 Å². The van der Waals surface area contributed by atoms with Crippen molar-refractivity contribution in [3.63, 3.8) is 0 Å². The number of esters is 1. The number of carbonyl (C=O) groups excluding carboxylic acids is 1. The lowest BCUT2D eigenvalue weighted by Crippen LogP contribution is -2.62. The van der Waals surface area contributed by atoms with Gasteiger partial charge in [0, 0.05) is 29.6 Å². The average molecular weight is 316 g/mol. The molecule has 2 bridgehead atoms. The first-order valence-electron chi connectivity index (χ1n) is 7.08. The number of carbonyl (C=O) groups is 1. The van der Waals surface area contributed by atoms with Gasteiger partial charge in [0.15, 0.2) is 12.2 Å². The molecule has 1 N–H and O–H groups in total. The Morgan fingerprint density at radius 1 is 1.32 bits per heavy atom. The second-order valence-electron chi connectivity index (χ2n) is 6.16. The molecular formula is C12H16N2O8. The molecule has 0 radical (unpaired) electrons. The molecule has 2 heterocycles. The van der Waals surface area contributed by atoms with Crippen molar-refractivity contribution in [1.29, 1.82) is 0 Å². The Morgan fingerprint density at radius 2 is 2.00 bits per heavy atom. The number of hydrogen-bond acceptors (Lipinski definition) is 8. The second-order valence-corrected chi connectivity index (χ2v) is 6.16. The summed E-state index contributed by atoms with van der Waals surface area (Å²) in [6.07, 6.45) is -3.20. The van der Waals surface area contributed by atoms with E-state index in [-0.39, 0.29) is 19.3 Å². The summed E-state index contributed by atoms with van der Waals surface area (Å²) in [5.74, 6) is -1.26. The molecule has 1 spiro atoms. The van der Waals surface area contributed by atoms with Gasteiger partial charge in [-0.2, -0.15) is 0 Å². The summed E-state index contributed by atoms with van der Waals surface area (Å²) in [5.41, 5.74) is -1.34. The Bertz CT molecular complexity index is 535. The van der Waals surface area contributed by atoms with Crippen LogP contribution in [0.25, 0.3) is 0 Å². The van der Waals surface area contributed by atoms with Gasteiger partial charge >= 0.3 is 5.97 Å². The van der Waals surface area contributed by atoms with Gasteiger partial charge in [-0.15, -0.1) is 0 Å². The fourth-order valence-electron chi connectivity index (χ4n) is 4.31. The molecule has 3 aliphatic rings. The number of fused-ring (bicyclic) bond motifs is 1. The molecule has 0 amide bonds. The van der Waals surface area contributed by atoms with Crippen molar-refractivity contribution in [2.75, 3.05) is 0 Å². The minimum absolute atomic E-state index is 0.0967. The second kappa shape index (κ2) is 4.85. The lowest BCUT2D eigenvalue weighted by molar-refractivity contribution is -0.548. The third-order valence-corrected chi connectivity index (χ3v) is 5.06. The van der Waals surface area contributed by atoms with Gasteiger partial charge in [0.25, 0.3) is 0 Å². The van der Waals surface area contributed by atoms with Gasteiger partial charge < -0.3 is 14.6 Å². The molecule has 0 aromatic rings.